The molecule has 0 saturated heterocycles. The number of benzene rings is 2. The van der Waals surface area contributed by atoms with E-state index in [9.17, 15) is 0 Å². The van der Waals surface area contributed by atoms with Crippen molar-refractivity contribution in [2.75, 3.05) is 11.8 Å². The van der Waals surface area contributed by atoms with E-state index in [2.05, 4.69) is 54.1 Å². The van der Waals surface area contributed by atoms with E-state index in [1.165, 1.54) is 5.56 Å². The second-order valence-electron chi connectivity index (χ2n) is 6.51. The Hall–Kier alpha value is -2.99. The van der Waals surface area contributed by atoms with Gasteiger partial charge >= 0.3 is 0 Å². The molecule has 0 spiro atoms. The highest BCUT2D eigenvalue weighted by atomic mass is 32.2. The summed E-state index contributed by atoms with van der Waals surface area (Å²) in [5.74, 6) is 0.933. The number of anilines is 1. The molecule has 0 atom stereocenters. The van der Waals surface area contributed by atoms with Crippen LogP contribution in [-0.2, 0) is 6.42 Å². The number of nitrogens with one attached hydrogen (secondary N) is 1. The van der Waals surface area contributed by atoms with E-state index >= 15 is 0 Å². The molecule has 0 amide bonds. The van der Waals surface area contributed by atoms with E-state index in [-0.39, 0.29) is 0 Å². The van der Waals surface area contributed by atoms with Gasteiger partial charge in [0.2, 0.25) is 6.20 Å². The average molecular weight is 392 g/mol. The predicted molar refractivity (Wildman–Crippen MR) is 114 cm³/mol. The van der Waals surface area contributed by atoms with E-state index in [4.69, 9.17) is 9.94 Å². The van der Waals surface area contributed by atoms with Crippen molar-refractivity contribution >= 4 is 28.7 Å². The van der Waals surface area contributed by atoms with Crippen LogP contribution in [0.4, 0.5) is 5.82 Å². The van der Waals surface area contributed by atoms with Gasteiger partial charge in [-0.2, -0.15) is 5.10 Å². The van der Waals surface area contributed by atoms with Gasteiger partial charge in [0.05, 0.1) is 16.8 Å². The number of hydrogen-bond donors (Lipinski definition) is 1. The minimum atomic E-state index is 0.933. The first-order valence-electron chi connectivity index (χ1n) is 9.26. The molecular weight excluding hydrogens is 368 g/mol. The molecule has 4 rings (SSSR count). The highest BCUT2D eigenvalue weighted by Gasteiger charge is 2.16. The van der Waals surface area contributed by atoms with Gasteiger partial charge in [-0.3, -0.25) is 4.84 Å². The number of hydrogen-bond acceptors (Lipinski definition) is 4. The maximum atomic E-state index is 5.45. The molecule has 5 nitrogen and oxygen atoms in total. The number of fused-ring (bicyclic) bond motifs is 1. The van der Waals surface area contributed by atoms with E-state index in [1.807, 2.05) is 36.0 Å². The second kappa shape index (κ2) is 7.94. The summed E-state index contributed by atoms with van der Waals surface area (Å²) in [5, 5.41) is 5.78. The van der Waals surface area contributed by atoms with Crippen molar-refractivity contribution < 1.29 is 9.57 Å². The summed E-state index contributed by atoms with van der Waals surface area (Å²) in [6, 6.07) is 20.9. The summed E-state index contributed by atoms with van der Waals surface area (Å²) < 4.78 is 7.16. The van der Waals surface area contributed by atoms with Crippen LogP contribution < -0.4 is 14.3 Å². The van der Waals surface area contributed by atoms with Crippen molar-refractivity contribution in [3.63, 3.8) is 0 Å². The standard InChI is InChI=1S/C22H23N4OS/c1-4-17-10-12-18(13-11-17)28-24-22-15-16(2)23-26(22)21-9-5-8-20-19(21)7-6-14-25(20)27-3/h5-15,24H,4H2,1-3H3/q+1. The molecule has 0 unspecified atom stereocenters. The fourth-order valence-corrected chi connectivity index (χ4v) is 3.85. The van der Waals surface area contributed by atoms with E-state index in [0.717, 1.165) is 39.4 Å². The minimum Gasteiger partial charge on any atom is -0.310 e. The van der Waals surface area contributed by atoms with Crippen LogP contribution in [-0.4, -0.2) is 16.9 Å². The lowest BCUT2D eigenvalue weighted by Gasteiger charge is -2.11. The molecule has 0 aliphatic carbocycles. The number of aryl methyl sites for hydroxylation is 2. The van der Waals surface area contributed by atoms with Crippen LogP contribution in [0, 0.1) is 6.92 Å². The quantitative estimate of drug-likeness (QED) is 0.392. The SMILES string of the molecule is CCc1ccc(SNc2cc(C)nn2-c2cccc3c2ccc[n+]3OC)cc1. The Morgan fingerprint density at radius 1 is 1.11 bits per heavy atom. The molecule has 1 N–H and O–H groups in total. The third kappa shape index (κ3) is 3.55. The van der Waals surface area contributed by atoms with Gasteiger partial charge in [-0.15, -0.1) is 0 Å². The zero-order chi connectivity index (χ0) is 19.5. The lowest BCUT2D eigenvalue weighted by molar-refractivity contribution is -0.865. The topological polar surface area (TPSA) is 43.0 Å². The molecule has 0 bridgehead atoms. The summed E-state index contributed by atoms with van der Waals surface area (Å²) in [6.07, 6.45) is 2.95. The molecule has 2 aromatic heterocycles. The fourth-order valence-electron chi connectivity index (χ4n) is 3.21. The van der Waals surface area contributed by atoms with Gasteiger partial charge in [0, 0.05) is 27.8 Å². The zero-order valence-electron chi connectivity index (χ0n) is 16.2. The number of nitrogens with zero attached hydrogens (tertiary/aromatic N) is 3. The van der Waals surface area contributed by atoms with Crippen LogP contribution in [0.5, 0.6) is 0 Å². The van der Waals surface area contributed by atoms with Gasteiger partial charge in [0.1, 0.15) is 12.9 Å². The normalized spacial score (nSPS) is 11.0. The average Bonchev–Trinajstić information content (AvgIpc) is 3.12. The number of pyridine rings is 1. The van der Waals surface area contributed by atoms with Gasteiger partial charge < -0.3 is 4.72 Å². The summed E-state index contributed by atoms with van der Waals surface area (Å²) in [4.78, 5) is 6.61. The molecule has 28 heavy (non-hydrogen) atoms. The Morgan fingerprint density at radius 3 is 2.68 bits per heavy atom. The molecule has 0 aliphatic heterocycles. The fraction of sp³-hybridized carbons (Fsp3) is 0.182. The first kappa shape index (κ1) is 18.4. The summed E-state index contributed by atoms with van der Waals surface area (Å²) in [5.41, 5.74) is 4.29. The number of aromatic nitrogens is 3. The third-order valence-corrected chi connectivity index (χ3v) is 5.46. The molecule has 0 saturated carbocycles. The van der Waals surface area contributed by atoms with Crippen LogP contribution in [0.25, 0.3) is 16.6 Å². The Morgan fingerprint density at radius 2 is 1.93 bits per heavy atom. The molecule has 2 aromatic carbocycles. The molecule has 4 aromatic rings. The van der Waals surface area contributed by atoms with E-state index < -0.39 is 0 Å². The summed E-state index contributed by atoms with van der Waals surface area (Å²) >= 11 is 1.59. The third-order valence-electron chi connectivity index (χ3n) is 4.64. The zero-order valence-corrected chi connectivity index (χ0v) is 17.0. The monoisotopic (exact) mass is 391 g/mol. The Labute approximate surface area is 169 Å². The van der Waals surface area contributed by atoms with Gasteiger partial charge in [-0.05, 0) is 55.1 Å². The second-order valence-corrected chi connectivity index (χ2v) is 7.39. The van der Waals surface area contributed by atoms with E-state index in [0.29, 0.717) is 0 Å². The van der Waals surface area contributed by atoms with Gasteiger partial charge in [0.25, 0.3) is 5.52 Å². The molecular formula is C22H23N4OS+. The minimum absolute atomic E-state index is 0.933. The van der Waals surface area contributed by atoms with Crippen molar-refractivity contribution in [2.45, 2.75) is 25.2 Å². The van der Waals surface area contributed by atoms with Gasteiger partial charge in [-0.1, -0.05) is 25.1 Å². The van der Waals surface area contributed by atoms with Crippen molar-refractivity contribution in [3.8, 4) is 5.69 Å². The van der Waals surface area contributed by atoms with Crippen LogP contribution in [0.2, 0.25) is 0 Å². The first-order valence-corrected chi connectivity index (χ1v) is 10.1. The molecule has 142 valence electrons. The predicted octanol–water partition coefficient (Wildman–Crippen LogP) is 4.36. The molecule has 6 heteroatoms. The first-order chi connectivity index (χ1) is 13.7. The molecule has 0 fully saturated rings. The maximum Gasteiger partial charge on any atom is 0.266 e. The van der Waals surface area contributed by atoms with Crippen LogP contribution in [0.15, 0.2) is 71.8 Å². The summed E-state index contributed by atoms with van der Waals surface area (Å²) in [7, 11) is 1.66. The lowest BCUT2D eigenvalue weighted by Crippen LogP contribution is -2.40. The van der Waals surface area contributed by atoms with Gasteiger partial charge in [0.15, 0.2) is 0 Å². The maximum absolute atomic E-state index is 5.45. The van der Waals surface area contributed by atoms with E-state index in [1.54, 1.807) is 23.8 Å². The largest absolute Gasteiger partial charge is 0.310 e. The summed E-state index contributed by atoms with van der Waals surface area (Å²) in [6.45, 7) is 4.17. The smallest absolute Gasteiger partial charge is 0.266 e. The van der Waals surface area contributed by atoms with Gasteiger partial charge in [-0.25, -0.2) is 4.68 Å². The van der Waals surface area contributed by atoms with Crippen molar-refractivity contribution in [3.05, 3.63) is 78.1 Å². The lowest BCUT2D eigenvalue weighted by atomic mass is 10.2. The van der Waals surface area contributed by atoms with Crippen molar-refractivity contribution in [1.82, 2.24) is 9.78 Å². The van der Waals surface area contributed by atoms with Crippen LogP contribution in [0.1, 0.15) is 18.2 Å². The Kier molecular flexibility index (Phi) is 5.21. The highest BCUT2D eigenvalue weighted by molar-refractivity contribution is 8.00. The van der Waals surface area contributed by atoms with Crippen molar-refractivity contribution in [1.29, 1.82) is 0 Å². The molecule has 0 radical (unpaired) electrons. The molecule has 2 heterocycles. The highest BCUT2D eigenvalue weighted by Crippen LogP contribution is 2.27. The molecule has 0 aliphatic rings. The van der Waals surface area contributed by atoms with Crippen LogP contribution >= 0.6 is 11.9 Å². The number of rotatable bonds is 6. The Bertz CT molecular complexity index is 1110. The Balaban J connectivity index is 1.69. The van der Waals surface area contributed by atoms with Crippen molar-refractivity contribution in [2.24, 2.45) is 0 Å². The van der Waals surface area contributed by atoms with Crippen LogP contribution in [0.3, 0.4) is 0 Å².